The van der Waals surface area contributed by atoms with Crippen LogP contribution in [-0.4, -0.2) is 32.5 Å². The number of hydrogen-bond acceptors (Lipinski definition) is 4. The van der Waals surface area contributed by atoms with Crippen molar-refractivity contribution in [2.45, 2.75) is 25.5 Å². The zero-order chi connectivity index (χ0) is 15.4. The molecule has 114 valence electrons. The van der Waals surface area contributed by atoms with E-state index in [0.29, 0.717) is 13.1 Å². The molecular weight excluding hydrogens is 276 g/mol. The Kier molecular flexibility index (Phi) is 4.42. The van der Waals surface area contributed by atoms with Gasteiger partial charge in [0.15, 0.2) is 12.5 Å². The van der Waals surface area contributed by atoms with Crippen LogP contribution in [0.5, 0.6) is 0 Å². The van der Waals surface area contributed by atoms with Crippen LogP contribution in [-0.2, 0) is 13.1 Å². The van der Waals surface area contributed by atoms with Crippen LogP contribution in [0.15, 0.2) is 73.1 Å². The lowest BCUT2D eigenvalue weighted by Crippen LogP contribution is -2.46. The zero-order valence-corrected chi connectivity index (χ0v) is 12.3. The van der Waals surface area contributed by atoms with E-state index in [2.05, 4.69) is 0 Å². The van der Waals surface area contributed by atoms with Crippen LogP contribution in [0, 0.1) is 0 Å². The molecule has 1 aliphatic rings. The van der Waals surface area contributed by atoms with Gasteiger partial charge in [-0.1, -0.05) is 60.7 Å². The lowest BCUT2D eigenvalue weighted by molar-refractivity contribution is -0.126. The van der Waals surface area contributed by atoms with E-state index >= 15 is 0 Å². The van der Waals surface area contributed by atoms with E-state index in [-0.39, 0.29) is 0 Å². The Morgan fingerprint density at radius 1 is 0.727 bits per heavy atom. The Bertz CT molecular complexity index is 562. The van der Waals surface area contributed by atoms with Gasteiger partial charge < -0.3 is 20.0 Å². The van der Waals surface area contributed by atoms with Gasteiger partial charge in [-0.3, -0.25) is 0 Å². The van der Waals surface area contributed by atoms with E-state index in [0.717, 1.165) is 11.1 Å². The Hall–Kier alpha value is -2.30. The Morgan fingerprint density at radius 3 is 1.50 bits per heavy atom. The lowest BCUT2D eigenvalue weighted by Gasteiger charge is -2.34. The second kappa shape index (κ2) is 6.64. The summed E-state index contributed by atoms with van der Waals surface area (Å²) >= 11 is 0. The van der Waals surface area contributed by atoms with Gasteiger partial charge in [0.1, 0.15) is 0 Å². The first kappa shape index (κ1) is 14.6. The molecule has 22 heavy (non-hydrogen) atoms. The molecule has 0 aliphatic carbocycles. The molecule has 0 radical (unpaired) electrons. The highest BCUT2D eigenvalue weighted by atomic mass is 16.5. The maximum absolute atomic E-state index is 9.78. The standard InChI is InChI=1S/C18H20N2O2/c21-18(22)17-19(13-15-7-3-1-4-8-15)11-12-20(17)14-16-9-5-2-6-10-16/h1-12,17-18,21-22H,13-14H2. The summed E-state index contributed by atoms with van der Waals surface area (Å²) in [4.78, 5) is 3.89. The third-order valence-corrected chi connectivity index (χ3v) is 3.81. The van der Waals surface area contributed by atoms with Crippen molar-refractivity contribution in [3.8, 4) is 0 Å². The van der Waals surface area contributed by atoms with Gasteiger partial charge in [0, 0.05) is 25.5 Å². The van der Waals surface area contributed by atoms with Gasteiger partial charge >= 0.3 is 0 Å². The molecule has 0 spiro atoms. The fraction of sp³-hybridized carbons (Fsp3) is 0.222. The molecule has 0 aromatic heterocycles. The maximum Gasteiger partial charge on any atom is 0.191 e. The van der Waals surface area contributed by atoms with Crippen LogP contribution < -0.4 is 0 Å². The molecule has 0 bridgehead atoms. The number of rotatable bonds is 5. The van der Waals surface area contributed by atoms with Crippen LogP contribution in [0.25, 0.3) is 0 Å². The summed E-state index contributed by atoms with van der Waals surface area (Å²) in [6, 6.07) is 20.0. The number of hydrogen-bond donors (Lipinski definition) is 2. The van der Waals surface area contributed by atoms with Gasteiger partial charge in [-0.2, -0.15) is 0 Å². The van der Waals surface area contributed by atoms with Gasteiger partial charge in [-0.05, 0) is 11.1 Å². The molecule has 4 heteroatoms. The van der Waals surface area contributed by atoms with Gasteiger partial charge in [0.2, 0.25) is 0 Å². The number of nitrogens with zero attached hydrogens (tertiary/aromatic N) is 2. The maximum atomic E-state index is 9.78. The van der Waals surface area contributed by atoms with Crippen molar-refractivity contribution in [3.63, 3.8) is 0 Å². The van der Waals surface area contributed by atoms with Crippen LogP contribution in [0.2, 0.25) is 0 Å². The number of aliphatic hydroxyl groups is 2. The third kappa shape index (κ3) is 3.30. The molecule has 0 amide bonds. The summed E-state index contributed by atoms with van der Waals surface area (Å²) in [5.41, 5.74) is 2.28. The number of benzene rings is 2. The molecule has 4 nitrogen and oxygen atoms in total. The summed E-state index contributed by atoms with van der Waals surface area (Å²) in [6.07, 6.45) is 1.93. The second-order valence-electron chi connectivity index (χ2n) is 5.44. The molecule has 0 saturated carbocycles. The van der Waals surface area contributed by atoms with Crippen LogP contribution in [0.1, 0.15) is 11.1 Å². The smallest absolute Gasteiger partial charge is 0.191 e. The molecule has 0 unspecified atom stereocenters. The van der Waals surface area contributed by atoms with Crippen LogP contribution in [0.4, 0.5) is 0 Å². The van der Waals surface area contributed by atoms with Gasteiger partial charge in [-0.15, -0.1) is 0 Å². The third-order valence-electron chi connectivity index (χ3n) is 3.81. The first-order valence-electron chi connectivity index (χ1n) is 7.38. The highest BCUT2D eigenvalue weighted by Gasteiger charge is 2.31. The molecule has 0 atom stereocenters. The fourth-order valence-corrected chi connectivity index (χ4v) is 2.76. The van der Waals surface area contributed by atoms with E-state index in [1.807, 2.05) is 82.9 Å². The van der Waals surface area contributed by atoms with Gasteiger partial charge in [0.05, 0.1) is 0 Å². The molecule has 3 rings (SSSR count). The molecule has 1 aliphatic heterocycles. The number of aliphatic hydroxyl groups excluding tert-OH is 1. The predicted molar refractivity (Wildman–Crippen MR) is 85.1 cm³/mol. The van der Waals surface area contributed by atoms with Crippen molar-refractivity contribution < 1.29 is 10.2 Å². The van der Waals surface area contributed by atoms with Crippen molar-refractivity contribution >= 4 is 0 Å². The minimum atomic E-state index is -1.43. The van der Waals surface area contributed by atoms with Crippen molar-refractivity contribution in [2.75, 3.05) is 0 Å². The Labute approximate surface area is 130 Å². The van der Waals surface area contributed by atoms with Crippen molar-refractivity contribution in [3.05, 3.63) is 84.2 Å². The van der Waals surface area contributed by atoms with E-state index in [1.165, 1.54) is 0 Å². The molecule has 0 fully saturated rings. The topological polar surface area (TPSA) is 46.9 Å². The summed E-state index contributed by atoms with van der Waals surface area (Å²) in [7, 11) is 0. The van der Waals surface area contributed by atoms with Crippen LogP contribution >= 0.6 is 0 Å². The highest BCUT2D eigenvalue weighted by molar-refractivity contribution is 5.18. The van der Waals surface area contributed by atoms with Crippen molar-refractivity contribution in [1.29, 1.82) is 0 Å². The minimum Gasteiger partial charge on any atom is -0.365 e. The quantitative estimate of drug-likeness (QED) is 0.830. The zero-order valence-electron chi connectivity index (χ0n) is 12.3. The SMILES string of the molecule is OC(O)C1N(Cc2ccccc2)C=CN1Cc1ccccc1. The first-order valence-corrected chi connectivity index (χ1v) is 7.38. The summed E-state index contributed by atoms with van der Waals surface area (Å²) in [5.74, 6) is 0. The molecule has 0 saturated heterocycles. The van der Waals surface area contributed by atoms with Gasteiger partial charge in [-0.25, -0.2) is 0 Å². The fourth-order valence-electron chi connectivity index (χ4n) is 2.76. The average Bonchev–Trinajstić information content (AvgIpc) is 2.92. The largest absolute Gasteiger partial charge is 0.365 e. The summed E-state index contributed by atoms with van der Waals surface area (Å²) < 4.78 is 0. The highest BCUT2D eigenvalue weighted by Crippen LogP contribution is 2.23. The predicted octanol–water partition coefficient (Wildman–Crippen LogP) is 2.11. The Balaban J connectivity index is 1.72. The summed E-state index contributed by atoms with van der Waals surface area (Å²) in [5, 5.41) is 19.6. The van der Waals surface area contributed by atoms with E-state index in [9.17, 15) is 10.2 Å². The molecule has 1 heterocycles. The minimum absolute atomic E-state index is 0.472. The molecule has 2 aromatic rings. The van der Waals surface area contributed by atoms with Gasteiger partial charge in [0.25, 0.3) is 0 Å². The van der Waals surface area contributed by atoms with E-state index < -0.39 is 12.5 Å². The van der Waals surface area contributed by atoms with Crippen molar-refractivity contribution in [2.24, 2.45) is 0 Å². The molecule has 2 N–H and O–H groups in total. The average molecular weight is 296 g/mol. The monoisotopic (exact) mass is 296 g/mol. The van der Waals surface area contributed by atoms with E-state index in [1.54, 1.807) is 0 Å². The lowest BCUT2D eigenvalue weighted by atomic mass is 10.2. The van der Waals surface area contributed by atoms with Crippen molar-refractivity contribution in [1.82, 2.24) is 9.80 Å². The first-order chi connectivity index (χ1) is 10.7. The summed E-state index contributed by atoms with van der Waals surface area (Å²) in [6.45, 7) is 1.29. The second-order valence-corrected chi connectivity index (χ2v) is 5.44. The molecular formula is C18H20N2O2. The van der Waals surface area contributed by atoms with E-state index in [4.69, 9.17) is 0 Å². The Morgan fingerprint density at radius 2 is 1.14 bits per heavy atom. The molecule has 2 aromatic carbocycles. The van der Waals surface area contributed by atoms with Crippen LogP contribution in [0.3, 0.4) is 0 Å². The normalized spacial score (nSPS) is 15.0.